The van der Waals surface area contributed by atoms with E-state index in [1.54, 1.807) is 12.1 Å². The van der Waals surface area contributed by atoms with Gasteiger partial charge in [-0.05, 0) is 35.9 Å². The van der Waals surface area contributed by atoms with Gasteiger partial charge in [0, 0.05) is 17.8 Å². The molecule has 1 atom stereocenters. The number of ether oxygens (including phenoxy) is 2. The number of hydrogen-bond donors (Lipinski definition) is 1. The van der Waals surface area contributed by atoms with E-state index < -0.39 is 22.9 Å². The minimum atomic E-state index is -1.13. The Balaban J connectivity index is 1.74. The Labute approximate surface area is 166 Å². The number of methoxy groups -OCH3 is 1. The van der Waals surface area contributed by atoms with E-state index in [1.165, 1.54) is 38.3 Å². The lowest BCUT2D eigenvalue weighted by Crippen LogP contribution is -2.30. The molecule has 3 aromatic carbocycles. The molecule has 0 aliphatic heterocycles. The van der Waals surface area contributed by atoms with Gasteiger partial charge in [-0.25, -0.2) is 4.79 Å². The van der Waals surface area contributed by atoms with Crippen molar-refractivity contribution in [3.05, 3.63) is 76.3 Å². The van der Waals surface area contributed by atoms with Gasteiger partial charge >= 0.3 is 5.97 Å². The van der Waals surface area contributed by atoms with Gasteiger partial charge < -0.3 is 14.8 Å². The van der Waals surface area contributed by atoms with Gasteiger partial charge in [0.2, 0.25) is 0 Å². The molecule has 0 saturated carbocycles. The van der Waals surface area contributed by atoms with Crippen LogP contribution in [0, 0.1) is 10.1 Å². The normalized spacial score (nSPS) is 11.5. The maximum atomic E-state index is 12.6. The molecule has 0 radical (unpaired) electrons. The van der Waals surface area contributed by atoms with Crippen LogP contribution in [0.25, 0.3) is 10.8 Å². The molecule has 29 heavy (non-hydrogen) atoms. The van der Waals surface area contributed by atoms with Gasteiger partial charge in [0.25, 0.3) is 11.6 Å². The lowest BCUT2D eigenvalue weighted by atomic mass is 10.1. The van der Waals surface area contributed by atoms with Gasteiger partial charge in [-0.3, -0.25) is 14.9 Å². The summed E-state index contributed by atoms with van der Waals surface area (Å²) in [6.45, 7) is 1.41. The Kier molecular flexibility index (Phi) is 5.73. The highest BCUT2D eigenvalue weighted by Gasteiger charge is 2.22. The average Bonchev–Trinajstić information content (AvgIpc) is 2.72. The third kappa shape index (κ3) is 4.49. The molecule has 0 fully saturated rings. The van der Waals surface area contributed by atoms with Crippen molar-refractivity contribution in [3.8, 4) is 5.75 Å². The number of hydrogen-bond acceptors (Lipinski definition) is 6. The number of nitro groups is 1. The summed E-state index contributed by atoms with van der Waals surface area (Å²) in [6, 6.07) is 16.3. The van der Waals surface area contributed by atoms with Crippen molar-refractivity contribution in [3.63, 3.8) is 0 Å². The van der Waals surface area contributed by atoms with Crippen molar-refractivity contribution in [1.29, 1.82) is 0 Å². The highest BCUT2D eigenvalue weighted by atomic mass is 16.6. The van der Waals surface area contributed by atoms with Crippen LogP contribution < -0.4 is 10.1 Å². The van der Waals surface area contributed by atoms with E-state index in [0.717, 1.165) is 10.8 Å². The maximum absolute atomic E-state index is 12.6. The number of anilines is 1. The molecular weight excluding hydrogens is 376 g/mol. The van der Waals surface area contributed by atoms with Crippen molar-refractivity contribution in [1.82, 2.24) is 0 Å². The van der Waals surface area contributed by atoms with Crippen LogP contribution in [-0.2, 0) is 9.53 Å². The first kappa shape index (κ1) is 19.8. The first-order valence-electron chi connectivity index (χ1n) is 8.72. The molecule has 8 heteroatoms. The molecule has 0 bridgehead atoms. The highest BCUT2D eigenvalue weighted by molar-refractivity contribution is 6.01. The second-order valence-corrected chi connectivity index (χ2v) is 6.24. The van der Waals surface area contributed by atoms with Crippen LogP contribution in [0.2, 0.25) is 0 Å². The largest absolute Gasteiger partial charge is 0.496 e. The monoisotopic (exact) mass is 394 g/mol. The Morgan fingerprint density at radius 1 is 1.03 bits per heavy atom. The van der Waals surface area contributed by atoms with Crippen molar-refractivity contribution >= 4 is 34.0 Å². The number of esters is 1. The van der Waals surface area contributed by atoms with E-state index in [0.29, 0.717) is 5.75 Å². The molecular formula is C21H18N2O6. The van der Waals surface area contributed by atoms with Crippen LogP contribution in [0.1, 0.15) is 17.3 Å². The smallest absolute Gasteiger partial charge is 0.342 e. The first-order valence-corrected chi connectivity index (χ1v) is 8.72. The second-order valence-electron chi connectivity index (χ2n) is 6.24. The van der Waals surface area contributed by atoms with Crippen LogP contribution in [0.3, 0.4) is 0 Å². The molecule has 148 valence electrons. The quantitative estimate of drug-likeness (QED) is 0.385. The summed E-state index contributed by atoms with van der Waals surface area (Å²) >= 11 is 0. The van der Waals surface area contributed by atoms with Crippen molar-refractivity contribution in [2.24, 2.45) is 0 Å². The second kappa shape index (κ2) is 8.39. The number of non-ortho nitro benzene ring substituents is 1. The molecule has 1 unspecified atom stereocenters. The Morgan fingerprint density at radius 2 is 1.72 bits per heavy atom. The van der Waals surface area contributed by atoms with Crippen LogP contribution in [-0.4, -0.2) is 30.0 Å². The molecule has 3 aromatic rings. The zero-order chi connectivity index (χ0) is 21.0. The number of amides is 1. The molecule has 8 nitrogen and oxygen atoms in total. The van der Waals surface area contributed by atoms with Crippen LogP contribution in [0.4, 0.5) is 11.4 Å². The third-order valence-corrected chi connectivity index (χ3v) is 4.27. The number of fused-ring (bicyclic) bond motifs is 1. The summed E-state index contributed by atoms with van der Waals surface area (Å²) < 4.78 is 10.6. The topological polar surface area (TPSA) is 108 Å². The molecule has 1 amide bonds. The van der Waals surface area contributed by atoms with Gasteiger partial charge in [-0.1, -0.05) is 30.3 Å². The molecule has 0 aliphatic rings. The molecule has 0 saturated heterocycles. The average molecular weight is 394 g/mol. The van der Waals surface area contributed by atoms with Gasteiger partial charge in [0.05, 0.1) is 12.0 Å². The highest BCUT2D eigenvalue weighted by Crippen LogP contribution is 2.27. The number of nitro benzene ring substituents is 1. The predicted octanol–water partition coefficient (Wildman–Crippen LogP) is 3.94. The van der Waals surface area contributed by atoms with Gasteiger partial charge in [-0.2, -0.15) is 0 Å². The summed E-state index contributed by atoms with van der Waals surface area (Å²) in [7, 11) is 1.44. The first-order chi connectivity index (χ1) is 13.9. The van der Waals surface area contributed by atoms with E-state index in [1.807, 2.05) is 24.3 Å². The molecule has 0 aromatic heterocycles. The number of nitrogens with one attached hydrogen (secondary N) is 1. The summed E-state index contributed by atoms with van der Waals surface area (Å²) in [5, 5.41) is 15.1. The summed E-state index contributed by atoms with van der Waals surface area (Å²) in [5.74, 6) is -0.993. The van der Waals surface area contributed by atoms with E-state index in [4.69, 9.17) is 9.47 Å². The van der Waals surface area contributed by atoms with E-state index in [2.05, 4.69) is 5.32 Å². The van der Waals surface area contributed by atoms with Gasteiger partial charge in [-0.15, -0.1) is 0 Å². The fourth-order valence-corrected chi connectivity index (χ4v) is 2.77. The van der Waals surface area contributed by atoms with Gasteiger partial charge in [0.15, 0.2) is 6.10 Å². The molecule has 0 aliphatic carbocycles. The lowest BCUT2D eigenvalue weighted by Gasteiger charge is -2.15. The minimum Gasteiger partial charge on any atom is -0.496 e. The van der Waals surface area contributed by atoms with Gasteiger partial charge in [0.1, 0.15) is 11.3 Å². The molecule has 0 spiro atoms. The van der Waals surface area contributed by atoms with Crippen molar-refractivity contribution in [2.75, 3.05) is 12.4 Å². The zero-order valence-electron chi connectivity index (χ0n) is 15.7. The fourth-order valence-electron chi connectivity index (χ4n) is 2.77. The summed E-state index contributed by atoms with van der Waals surface area (Å²) in [4.78, 5) is 35.2. The number of benzene rings is 3. The summed E-state index contributed by atoms with van der Waals surface area (Å²) in [6.07, 6.45) is -1.13. The van der Waals surface area contributed by atoms with E-state index in [9.17, 15) is 19.7 Å². The van der Waals surface area contributed by atoms with Crippen molar-refractivity contribution in [2.45, 2.75) is 13.0 Å². The Morgan fingerprint density at radius 3 is 2.38 bits per heavy atom. The van der Waals surface area contributed by atoms with E-state index >= 15 is 0 Å². The predicted molar refractivity (Wildman–Crippen MR) is 107 cm³/mol. The van der Waals surface area contributed by atoms with E-state index in [-0.39, 0.29) is 16.9 Å². The lowest BCUT2D eigenvalue weighted by molar-refractivity contribution is -0.384. The molecule has 3 rings (SSSR count). The Bertz CT molecular complexity index is 1100. The number of carbonyl (C=O) groups excluding carboxylic acids is 2. The minimum absolute atomic E-state index is 0.159. The van der Waals surface area contributed by atoms with Crippen LogP contribution >= 0.6 is 0 Å². The molecule has 0 heterocycles. The number of nitrogens with zero attached hydrogens (tertiary/aromatic N) is 1. The zero-order valence-corrected chi connectivity index (χ0v) is 15.7. The third-order valence-electron chi connectivity index (χ3n) is 4.27. The number of carbonyl (C=O) groups is 2. The standard InChI is InChI=1S/C21H18N2O6/c1-13(20(24)22-16-8-5-9-17(12-16)23(26)27)29-21(25)18-10-14-6-3-4-7-15(14)11-19(18)28-2/h3-13H,1-2H3,(H,22,24). The SMILES string of the molecule is COc1cc2ccccc2cc1C(=O)OC(C)C(=O)Nc1cccc([N+](=O)[O-])c1. The fraction of sp³-hybridized carbons (Fsp3) is 0.143. The number of rotatable bonds is 6. The van der Waals surface area contributed by atoms with Crippen LogP contribution in [0.5, 0.6) is 5.75 Å². The maximum Gasteiger partial charge on any atom is 0.342 e. The van der Waals surface area contributed by atoms with Crippen molar-refractivity contribution < 1.29 is 24.0 Å². The van der Waals surface area contributed by atoms with Crippen LogP contribution in [0.15, 0.2) is 60.7 Å². The molecule has 1 N–H and O–H groups in total. The summed E-state index contributed by atoms with van der Waals surface area (Å²) in [5.41, 5.74) is 0.268. The Hall–Kier alpha value is -3.94.